The highest BCUT2D eigenvalue weighted by Crippen LogP contribution is 2.28. The molecule has 1 aliphatic heterocycles. The van der Waals surface area contributed by atoms with Crippen LogP contribution in [0.3, 0.4) is 0 Å². The molecule has 1 atom stereocenters. The third-order valence-corrected chi connectivity index (χ3v) is 3.91. The van der Waals surface area contributed by atoms with Crippen LogP contribution in [0.25, 0.3) is 0 Å². The average molecular weight is 342 g/mol. The summed E-state index contributed by atoms with van der Waals surface area (Å²) in [6, 6.07) is 6.30. The molecular formula is C16H24BrNO2. The molecule has 3 nitrogen and oxygen atoms in total. The molecule has 112 valence electrons. The molecule has 1 N–H and O–H groups in total. The van der Waals surface area contributed by atoms with E-state index in [9.17, 15) is 0 Å². The summed E-state index contributed by atoms with van der Waals surface area (Å²) in [5, 5.41) is 3.45. The summed E-state index contributed by atoms with van der Waals surface area (Å²) in [5.41, 5.74) is 1.27. The molecule has 1 heterocycles. The number of benzene rings is 1. The third kappa shape index (κ3) is 5.08. The number of ether oxygens (including phenoxy) is 2. The highest BCUT2D eigenvalue weighted by atomic mass is 79.9. The molecule has 0 saturated carbocycles. The van der Waals surface area contributed by atoms with Crippen LogP contribution in [-0.2, 0) is 11.3 Å². The van der Waals surface area contributed by atoms with Gasteiger partial charge in [0.25, 0.3) is 0 Å². The van der Waals surface area contributed by atoms with E-state index in [0.29, 0.717) is 12.5 Å². The van der Waals surface area contributed by atoms with Crippen molar-refractivity contribution in [3.8, 4) is 5.75 Å². The predicted octanol–water partition coefficient (Wildman–Crippen LogP) is 3.75. The molecule has 1 fully saturated rings. The van der Waals surface area contributed by atoms with Crippen LogP contribution < -0.4 is 10.1 Å². The first-order valence-corrected chi connectivity index (χ1v) is 8.18. The molecule has 1 aromatic carbocycles. The molecule has 20 heavy (non-hydrogen) atoms. The molecule has 1 unspecified atom stereocenters. The molecule has 0 spiro atoms. The minimum Gasteiger partial charge on any atom is -0.487 e. The zero-order valence-corrected chi connectivity index (χ0v) is 13.9. The van der Waals surface area contributed by atoms with Gasteiger partial charge in [-0.3, -0.25) is 0 Å². The number of hydrogen-bond acceptors (Lipinski definition) is 3. The maximum atomic E-state index is 5.99. The Kier molecular flexibility index (Phi) is 6.33. The molecule has 2 rings (SSSR count). The molecule has 0 amide bonds. The van der Waals surface area contributed by atoms with Gasteiger partial charge in [0.05, 0.1) is 11.1 Å². The molecule has 1 aromatic rings. The van der Waals surface area contributed by atoms with Crippen molar-refractivity contribution in [2.75, 3.05) is 19.8 Å². The van der Waals surface area contributed by atoms with Crippen LogP contribution in [0.15, 0.2) is 22.7 Å². The minimum absolute atomic E-state index is 0.185. The van der Waals surface area contributed by atoms with Gasteiger partial charge in [-0.2, -0.15) is 0 Å². The fourth-order valence-corrected chi connectivity index (χ4v) is 2.76. The van der Waals surface area contributed by atoms with Gasteiger partial charge in [0.15, 0.2) is 0 Å². The monoisotopic (exact) mass is 341 g/mol. The molecule has 4 heteroatoms. The van der Waals surface area contributed by atoms with E-state index >= 15 is 0 Å². The summed E-state index contributed by atoms with van der Waals surface area (Å²) in [6.07, 6.45) is 2.34. The van der Waals surface area contributed by atoms with Crippen molar-refractivity contribution >= 4 is 15.9 Å². The van der Waals surface area contributed by atoms with Crippen LogP contribution in [0.5, 0.6) is 5.75 Å². The Morgan fingerprint density at radius 3 is 2.95 bits per heavy atom. The van der Waals surface area contributed by atoms with E-state index in [1.54, 1.807) is 0 Å². The second kappa shape index (κ2) is 8.01. The van der Waals surface area contributed by atoms with Crippen molar-refractivity contribution in [3.05, 3.63) is 28.2 Å². The van der Waals surface area contributed by atoms with Gasteiger partial charge in [0, 0.05) is 13.2 Å². The maximum absolute atomic E-state index is 5.99. The summed E-state index contributed by atoms with van der Waals surface area (Å²) >= 11 is 3.60. The van der Waals surface area contributed by atoms with Gasteiger partial charge in [-0.25, -0.2) is 0 Å². The first-order chi connectivity index (χ1) is 9.65. The SMILES string of the molecule is CC(C)CNCc1ccc(OC2CCCOC2)c(Br)c1. The van der Waals surface area contributed by atoms with Crippen molar-refractivity contribution < 1.29 is 9.47 Å². The highest BCUT2D eigenvalue weighted by Gasteiger charge is 2.16. The fraction of sp³-hybridized carbons (Fsp3) is 0.625. The molecule has 0 aliphatic carbocycles. The number of hydrogen-bond donors (Lipinski definition) is 1. The second-order valence-corrected chi connectivity index (χ2v) is 6.60. The largest absolute Gasteiger partial charge is 0.487 e. The lowest BCUT2D eigenvalue weighted by atomic mass is 10.1. The Bertz CT molecular complexity index is 417. The van der Waals surface area contributed by atoms with Gasteiger partial charge in [-0.1, -0.05) is 19.9 Å². The Labute approximate surface area is 130 Å². The van der Waals surface area contributed by atoms with Crippen LogP contribution in [0.1, 0.15) is 32.3 Å². The first kappa shape index (κ1) is 15.8. The van der Waals surface area contributed by atoms with Crippen LogP contribution in [0, 0.1) is 5.92 Å². The van der Waals surface area contributed by atoms with Crippen molar-refractivity contribution in [3.63, 3.8) is 0 Å². The van der Waals surface area contributed by atoms with Gasteiger partial charge >= 0.3 is 0 Å². The smallest absolute Gasteiger partial charge is 0.134 e. The predicted molar refractivity (Wildman–Crippen MR) is 85.2 cm³/mol. The Morgan fingerprint density at radius 2 is 2.30 bits per heavy atom. The molecule has 1 aliphatic rings. The van der Waals surface area contributed by atoms with E-state index in [4.69, 9.17) is 9.47 Å². The van der Waals surface area contributed by atoms with E-state index in [1.165, 1.54) is 5.56 Å². The molecular weight excluding hydrogens is 318 g/mol. The van der Waals surface area contributed by atoms with Gasteiger partial charge < -0.3 is 14.8 Å². The van der Waals surface area contributed by atoms with Gasteiger partial charge in [-0.05, 0) is 58.9 Å². The molecule has 0 aromatic heterocycles. The Morgan fingerprint density at radius 1 is 1.45 bits per heavy atom. The number of nitrogens with one attached hydrogen (secondary N) is 1. The lowest BCUT2D eigenvalue weighted by Gasteiger charge is -2.24. The van der Waals surface area contributed by atoms with Gasteiger partial charge in [-0.15, -0.1) is 0 Å². The minimum atomic E-state index is 0.185. The fourth-order valence-electron chi connectivity index (χ4n) is 2.24. The summed E-state index contributed by atoms with van der Waals surface area (Å²) in [4.78, 5) is 0. The third-order valence-electron chi connectivity index (χ3n) is 3.29. The summed E-state index contributed by atoms with van der Waals surface area (Å²) in [5.74, 6) is 1.58. The Balaban J connectivity index is 1.88. The van der Waals surface area contributed by atoms with E-state index < -0.39 is 0 Å². The number of rotatable bonds is 6. The quantitative estimate of drug-likeness (QED) is 0.854. The summed E-state index contributed by atoms with van der Waals surface area (Å²) in [6.45, 7) is 7.92. The van der Waals surface area contributed by atoms with Crippen LogP contribution in [0.4, 0.5) is 0 Å². The first-order valence-electron chi connectivity index (χ1n) is 7.38. The second-order valence-electron chi connectivity index (χ2n) is 5.75. The summed E-state index contributed by atoms with van der Waals surface area (Å²) < 4.78 is 12.5. The lowest BCUT2D eigenvalue weighted by molar-refractivity contribution is 0.00710. The van der Waals surface area contributed by atoms with E-state index in [2.05, 4.69) is 47.2 Å². The standard InChI is InChI=1S/C16H24BrNO2/c1-12(2)9-18-10-13-5-6-16(15(17)8-13)20-14-4-3-7-19-11-14/h5-6,8,12,14,18H,3-4,7,9-11H2,1-2H3. The molecule has 0 bridgehead atoms. The van der Waals surface area contributed by atoms with Crippen LogP contribution in [0.2, 0.25) is 0 Å². The van der Waals surface area contributed by atoms with E-state index in [0.717, 1.165) is 42.8 Å². The highest BCUT2D eigenvalue weighted by molar-refractivity contribution is 9.10. The average Bonchev–Trinajstić information content (AvgIpc) is 2.42. The zero-order chi connectivity index (χ0) is 14.4. The van der Waals surface area contributed by atoms with Crippen molar-refractivity contribution in [2.24, 2.45) is 5.92 Å². The lowest BCUT2D eigenvalue weighted by Crippen LogP contribution is -2.28. The van der Waals surface area contributed by atoms with Crippen LogP contribution >= 0.6 is 15.9 Å². The molecule has 0 radical (unpaired) electrons. The molecule has 1 saturated heterocycles. The van der Waals surface area contributed by atoms with Crippen molar-refractivity contribution in [1.29, 1.82) is 0 Å². The van der Waals surface area contributed by atoms with Crippen molar-refractivity contribution in [2.45, 2.75) is 39.3 Å². The summed E-state index contributed by atoms with van der Waals surface area (Å²) in [7, 11) is 0. The maximum Gasteiger partial charge on any atom is 0.134 e. The van der Waals surface area contributed by atoms with Crippen molar-refractivity contribution in [1.82, 2.24) is 5.32 Å². The number of halogens is 1. The normalized spacial score (nSPS) is 19.3. The van der Waals surface area contributed by atoms with Gasteiger partial charge in [0.1, 0.15) is 11.9 Å². The van der Waals surface area contributed by atoms with Gasteiger partial charge in [0.2, 0.25) is 0 Å². The zero-order valence-electron chi connectivity index (χ0n) is 12.3. The Hall–Kier alpha value is -0.580. The van der Waals surface area contributed by atoms with E-state index in [1.807, 2.05) is 6.07 Å². The van der Waals surface area contributed by atoms with Crippen LogP contribution in [-0.4, -0.2) is 25.9 Å². The topological polar surface area (TPSA) is 30.5 Å². The van der Waals surface area contributed by atoms with E-state index in [-0.39, 0.29) is 6.10 Å².